The number of methoxy groups -OCH3 is 1. The minimum absolute atomic E-state index is 0.103. The third-order valence-corrected chi connectivity index (χ3v) is 5.73. The van der Waals surface area contributed by atoms with Crippen molar-refractivity contribution in [1.82, 2.24) is 5.32 Å². The molecule has 152 valence electrons. The molecule has 0 aliphatic rings. The van der Waals surface area contributed by atoms with Crippen molar-refractivity contribution in [2.75, 3.05) is 24.2 Å². The Morgan fingerprint density at radius 2 is 1.79 bits per heavy atom. The molecule has 0 radical (unpaired) electrons. The fraction of sp³-hybridized carbons (Fsp3) is 0.381. The van der Waals surface area contributed by atoms with Crippen molar-refractivity contribution in [1.29, 1.82) is 0 Å². The first-order valence-corrected chi connectivity index (χ1v) is 11.0. The van der Waals surface area contributed by atoms with Crippen LogP contribution in [0.15, 0.2) is 48.5 Å². The number of hydrogen-bond donors (Lipinski definition) is 1. The summed E-state index contributed by atoms with van der Waals surface area (Å²) in [6, 6.07) is 14.8. The summed E-state index contributed by atoms with van der Waals surface area (Å²) in [7, 11) is -2.00. The zero-order valence-corrected chi connectivity index (χ0v) is 17.6. The summed E-state index contributed by atoms with van der Waals surface area (Å²) < 4.78 is 31.0. The smallest absolute Gasteiger partial charge is 0.232 e. The van der Waals surface area contributed by atoms with Crippen LogP contribution in [0.3, 0.4) is 0 Å². The highest BCUT2D eigenvalue weighted by atomic mass is 32.2. The molecule has 1 unspecified atom stereocenters. The van der Waals surface area contributed by atoms with E-state index >= 15 is 0 Å². The Morgan fingerprint density at radius 3 is 2.43 bits per heavy atom. The molecule has 2 aromatic carbocycles. The molecular weight excluding hydrogens is 376 g/mol. The van der Waals surface area contributed by atoms with Gasteiger partial charge in [-0.05, 0) is 43.5 Å². The normalized spacial score (nSPS) is 12.3. The van der Waals surface area contributed by atoms with Crippen LogP contribution in [0, 0.1) is 6.92 Å². The molecule has 1 N–H and O–H groups in total. The van der Waals surface area contributed by atoms with E-state index in [1.165, 1.54) is 11.4 Å². The maximum atomic E-state index is 12.3. The summed E-state index contributed by atoms with van der Waals surface area (Å²) in [6.07, 6.45) is 1.79. The van der Waals surface area contributed by atoms with Gasteiger partial charge in [-0.15, -0.1) is 0 Å². The zero-order chi connectivity index (χ0) is 20.7. The zero-order valence-electron chi connectivity index (χ0n) is 16.8. The first kappa shape index (κ1) is 21.8. The quantitative estimate of drug-likeness (QED) is 0.695. The highest BCUT2D eigenvalue weighted by molar-refractivity contribution is 7.92. The molecule has 7 heteroatoms. The molecule has 0 spiro atoms. The number of nitrogens with one attached hydrogen (secondary N) is 1. The Labute approximate surface area is 167 Å². The maximum absolute atomic E-state index is 12.3. The van der Waals surface area contributed by atoms with Gasteiger partial charge in [0.25, 0.3) is 0 Å². The van der Waals surface area contributed by atoms with E-state index in [4.69, 9.17) is 4.74 Å². The number of para-hydroxylation sites is 2. The van der Waals surface area contributed by atoms with Crippen LogP contribution < -0.4 is 14.4 Å². The number of rotatable bonds is 9. The van der Waals surface area contributed by atoms with Gasteiger partial charge in [0, 0.05) is 13.0 Å². The number of ether oxygens (including phenoxy) is 1. The summed E-state index contributed by atoms with van der Waals surface area (Å²) in [6.45, 7) is 4.15. The third kappa shape index (κ3) is 5.73. The number of amides is 1. The summed E-state index contributed by atoms with van der Waals surface area (Å²) in [5.74, 6) is 0.370. The Morgan fingerprint density at radius 1 is 1.14 bits per heavy atom. The fourth-order valence-electron chi connectivity index (χ4n) is 3.15. The number of sulfonamides is 1. The lowest BCUT2D eigenvalue weighted by Crippen LogP contribution is -2.33. The van der Waals surface area contributed by atoms with Crippen LogP contribution >= 0.6 is 0 Å². The van der Waals surface area contributed by atoms with Crippen LogP contribution in [0.4, 0.5) is 5.69 Å². The van der Waals surface area contributed by atoms with E-state index in [0.29, 0.717) is 17.9 Å². The van der Waals surface area contributed by atoms with Crippen LogP contribution in [0.25, 0.3) is 0 Å². The van der Waals surface area contributed by atoms with Crippen LogP contribution in [0.2, 0.25) is 0 Å². The van der Waals surface area contributed by atoms with Gasteiger partial charge < -0.3 is 10.1 Å². The van der Waals surface area contributed by atoms with E-state index in [-0.39, 0.29) is 24.9 Å². The minimum atomic E-state index is -3.50. The van der Waals surface area contributed by atoms with Crippen molar-refractivity contribution in [2.45, 2.75) is 32.7 Å². The lowest BCUT2D eigenvalue weighted by molar-refractivity contribution is -0.121. The van der Waals surface area contributed by atoms with Gasteiger partial charge in [-0.25, -0.2) is 8.42 Å². The molecule has 0 aromatic heterocycles. The van der Waals surface area contributed by atoms with E-state index in [2.05, 4.69) is 5.32 Å². The van der Waals surface area contributed by atoms with Crippen LogP contribution in [-0.4, -0.2) is 34.2 Å². The number of carbonyl (C=O) groups is 1. The van der Waals surface area contributed by atoms with Crippen LogP contribution in [-0.2, 0) is 14.8 Å². The number of benzene rings is 2. The molecule has 2 aromatic rings. The molecule has 2 rings (SSSR count). The summed E-state index contributed by atoms with van der Waals surface area (Å²) in [5.41, 5.74) is 2.67. The van der Waals surface area contributed by atoms with Crippen molar-refractivity contribution in [3.05, 3.63) is 59.7 Å². The number of aryl methyl sites for hydroxylation is 1. The second-order valence-electron chi connectivity index (χ2n) is 6.76. The van der Waals surface area contributed by atoms with E-state index in [1.54, 1.807) is 24.3 Å². The Hall–Kier alpha value is -2.54. The molecule has 28 heavy (non-hydrogen) atoms. The van der Waals surface area contributed by atoms with Crippen molar-refractivity contribution in [3.63, 3.8) is 0 Å². The largest absolute Gasteiger partial charge is 0.495 e. The molecule has 6 nitrogen and oxygen atoms in total. The monoisotopic (exact) mass is 404 g/mol. The first-order valence-electron chi connectivity index (χ1n) is 9.19. The molecule has 0 saturated heterocycles. The highest BCUT2D eigenvalue weighted by Crippen LogP contribution is 2.29. The second-order valence-corrected chi connectivity index (χ2v) is 8.66. The molecule has 0 saturated carbocycles. The molecule has 0 bridgehead atoms. The van der Waals surface area contributed by atoms with E-state index in [0.717, 1.165) is 17.4 Å². The molecule has 0 fully saturated rings. The lowest BCUT2D eigenvalue weighted by atomic mass is 10.0. The van der Waals surface area contributed by atoms with Crippen molar-refractivity contribution in [2.24, 2.45) is 0 Å². The molecule has 0 aliphatic carbocycles. The van der Waals surface area contributed by atoms with Gasteiger partial charge in [-0.3, -0.25) is 9.10 Å². The van der Waals surface area contributed by atoms with Gasteiger partial charge in [0.15, 0.2) is 0 Å². The van der Waals surface area contributed by atoms with Gasteiger partial charge in [0.05, 0.1) is 25.1 Å². The standard InChI is InChI=1S/C21H28N2O4S/c1-16-10-5-6-11-18(16)17(2)22-21(24)14-9-15-23(28(4,25)26)19-12-7-8-13-20(19)27-3/h5-8,10-13,17H,9,14-15H2,1-4H3,(H,22,24). The first-order chi connectivity index (χ1) is 13.2. The molecule has 0 aliphatic heterocycles. The van der Waals surface area contributed by atoms with E-state index in [9.17, 15) is 13.2 Å². The van der Waals surface area contributed by atoms with Crippen LogP contribution in [0.1, 0.15) is 36.9 Å². The van der Waals surface area contributed by atoms with Gasteiger partial charge >= 0.3 is 0 Å². The predicted octanol–water partition coefficient (Wildman–Crippen LogP) is 3.43. The number of anilines is 1. The molecule has 1 atom stereocenters. The van der Waals surface area contributed by atoms with E-state index < -0.39 is 10.0 Å². The van der Waals surface area contributed by atoms with Gasteiger partial charge in [-0.1, -0.05) is 36.4 Å². The Kier molecular flexibility index (Phi) is 7.45. The summed E-state index contributed by atoms with van der Waals surface area (Å²) >= 11 is 0. The molecule has 1 amide bonds. The fourth-order valence-corrected chi connectivity index (χ4v) is 4.12. The van der Waals surface area contributed by atoms with Gasteiger partial charge in [0.2, 0.25) is 15.9 Å². The third-order valence-electron chi connectivity index (χ3n) is 4.55. The summed E-state index contributed by atoms with van der Waals surface area (Å²) in [4.78, 5) is 12.3. The predicted molar refractivity (Wildman–Crippen MR) is 112 cm³/mol. The number of hydrogen-bond acceptors (Lipinski definition) is 4. The van der Waals surface area contributed by atoms with Crippen molar-refractivity contribution in [3.8, 4) is 5.75 Å². The maximum Gasteiger partial charge on any atom is 0.232 e. The minimum Gasteiger partial charge on any atom is -0.495 e. The topological polar surface area (TPSA) is 75.7 Å². The number of nitrogens with zero attached hydrogens (tertiary/aromatic N) is 1. The average molecular weight is 405 g/mol. The van der Waals surface area contributed by atoms with E-state index in [1.807, 2.05) is 38.1 Å². The van der Waals surface area contributed by atoms with Gasteiger partial charge in [0.1, 0.15) is 5.75 Å². The molecule has 0 heterocycles. The number of carbonyl (C=O) groups excluding carboxylic acids is 1. The van der Waals surface area contributed by atoms with Crippen LogP contribution in [0.5, 0.6) is 5.75 Å². The summed E-state index contributed by atoms with van der Waals surface area (Å²) in [5, 5.41) is 2.98. The van der Waals surface area contributed by atoms with Gasteiger partial charge in [-0.2, -0.15) is 0 Å². The van der Waals surface area contributed by atoms with Crippen molar-refractivity contribution >= 4 is 21.6 Å². The lowest BCUT2D eigenvalue weighted by Gasteiger charge is -2.24. The Balaban J connectivity index is 1.99. The molecular formula is C21H28N2O4S. The average Bonchev–Trinajstić information content (AvgIpc) is 2.64. The highest BCUT2D eigenvalue weighted by Gasteiger charge is 2.21. The SMILES string of the molecule is COc1ccccc1N(CCCC(=O)NC(C)c1ccccc1C)S(C)(=O)=O. The van der Waals surface area contributed by atoms with Crippen molar-refractivity contribution < 1.29 is 17.9 Å². The second kappa shape index (κ2) is 9.59. The Bertz CT molecular complexity index is 912.